The molecule has 0 spiro atoms. The van der Waals surface area contributed by atoms with Crippen molar-refractivity contribution in [3.63, 3.8) is 0 Å². The Morgan fingerprint density at radius 2 is 1.84 bits per heavy atom. The van der Waals surface area contributed by atoms with Crippen LogP contribution in [-0.4, -0.2) is 22.1 Å². The summed E-state index contributed by atoms with van der Waals surface area (Å²) in [5, 5.41) is 25.9. The second-order valence-electron chi connectivity index (χ2n) is 4.54. The third-order valence-electron chi connectivity index (χ3n) is 2.85. The lowest BCUT2D eigenvalue weighted by Gasteiger charge is -2.07. The van der Waals surface area contributed by atoms with Gasteiger partial charge in [0.05, 0.1) is 27.7 Å². The van der Waals surface area contributed by atoms with Gasteiger partial charge in [-0.1, -0.05) is 30.0 Å². The molecule has 0 heterocycles. The quantitative estimate of drug-likeness (QED) is 0.458. The van der Waals surface area contributed by atoms with Gasteiger partial charge < -0.3 is 5.73 Å². The molecule has 2 aromatic rings. The molecule has 2 aromatic carbocycles. The van der Waals surface area contributed by atoms with Crippen LogP contribution in [0, 0.1) is 20.2 Å². The lowest BCUT2D eigenvalue weighted by Crippen LogP contribution is -2.24. The second-order valence-corrected chi connectivity index (χ2v) is 5.66. The first-order valence-corrected chi connectivity index (χ1v) is 7.48. The molecule has 3 N–H and O–H groups in total. The largest absolute Gasteiger partial charge is 0.350 e. The minimum atomic E-state index is -0.946. The van der Waals surface area contributed by atoms with Gasteiger partial charge in [-0.2, -0.15) is 5.10 Å². The number of amides is 2. The van der Waals surface area contributed by atoms with Crippen molar-refractivity contribution in [2.75, 3.05) is 0 Å². The molecule has 0 atom stereocenters. The lowest BCUT2D eigenvalue weighted by molar-refractivity contribution is -0.394. The average Bonchev–Trinajstić information content (AvgIpc) is 2.56. The highest BCUT2D eigenvalue weighted by Crippen LogP contribution is 2.37. The standard InChI is InChI=1S/C14H11N5O5S/c15-14(20)17-16-8-11-12(19(23)24)6-9(18(21)22)7-13(11)25-10-4-2-1-3-5-10/h1-8H,(H3,15,17,20). The monoisotopic (exact) mass is 361 g/mol. The molecule has 0 aliphatic carbocycles. The van der Waals surface area contributed by atoms with Gasteiger partial charge in [-0.05, 0) is 12.1 Å². The molecule has 128 valence electrons. The van der Waals surface area contributed by atoms with Crippen molar-refractivity contribution in [2.45, 2.75) is 9.79 Å². The number of urea groups is 1. The van der Waals surface area contributed by atoms with Gasteiger partial charge in [0.1, 0.15) is 0 Å². The Hall–Kier alpha value is -3.47. The Morgan fingerprint density at radius 1 is 1.16 bits per heavy atom. The summed E-state index contributed by atoms with van der Waals surface area (Å²) in [7, 11) is 0. The van der Waals surface area contributed by atoms with Gasteiger partial charge in [0.2, 0.25) is 0 Å². The van der Waals surface area contributed by atoms with Gasteiger partial charge >= 0.3 is 6.03 Å². The molecule has 0 unspecified atom stereocenters. The van der Waals surface area contributed by atoms with Crippen LogP contribution >= 0.6 is 11.8 Å². The molecule has 0 aromatic heterocycles. The molecule has 0 radical (unpaired) electrons. The molecule has 0 saturated carbocycles. The van der Waals surface area contributed by atoms with E-state index in [2.05, 4.69) is 5.10 Å². The van der Waals surface area contributed by atoms with Gasteiger partial charge in [0, 0.05) is 15.9 Å². The molecule has 0 bridgehead atoms. The Balaban J connectivity index is 2.58. The molecular formula is C14H11N5O5S. The number of non-ortho nitro benzene ring substituents is 1. The Labute approximate surface area is 145 Å². The van der Waals surface area contributed by atoms with Crippen LogP contribution in [0.3, 0.4) is 0 Å². The molecule has 2 rings (SSSR count). The number of nitrogens with two attached hydrogens (primary N) is 1. The zero-order chi connectivity index (χ0) is 18.4. The van der Waals surface area contributed by atoms with E-state index in [0.29, 0.717) is 0 Å². The SMILES string of the molecule is NC(=O)NN=Cc1c(Sc2ccccc2)cc([N+](=O)[O-])cc1[N+](=O)[O-]. The highest BCUT2D eigenvalue weighted by molar-refractivity contribution is 7.99. The first kappa shape index (κ1) is 17.9. The van der Waals surface area contributed by atoms with Gasteiger partial charge in [0.25, 0.3) is 11.4 Å². The number of benzene rings is 2. The first-order chi connectivity index (χ1) is 11.9. The van der Waals surface area contributed by atoms with E-state index < -0.39 is 27.3 Å². The number of hydrogen-bond acceptors (Lipinski definition) is 7. The number of nitro groups is 2. The van der Waals surface area contributed by atoms with E-state index >= 15 is 0 Å². The highest BCUT2D eigenvalue weighted by Gasteiger charge is 2.23. The molecule has 0 aliphatic rings. The van der Waals surface area contributed by atoms with Crippen molar-refractivity contribution in [3.8, 4) is 0 Å². The number of hydrogen-bond donors (Lipinski definition) is 2. The smallest absolute Gasteiger partial charge is 0.332 e. The molecule has 0 fully saturated rings. The van der Waals surface area contributed by atoms with E-state index in [9.17, 15) is 25.0 Å². The number of nitrogens with zero attached hydrogens (tertiary/aromatic N) is 3. The number of carbonyl (C=O) groups is 1. The minimum Gasteiger partial charge on any atom is -0.350 e. The van der Waals surface area contributed by atoms with E-state index in [1.54, 1.807) is 30.3 Å². The predicted molar refractivity (Wildman–Crippen MR) is 90.6 cm³/mol. The van der Waals surface area contributed by atoms with Gasteiger partial charge in [-0.25, -0.2) is 10.2 Å². The number of primary amides is 1. The van der Waals surface area contributed by atoms with Crippen LogP contribution in [0.4, 0.5) is 16.2 Å². The molecule has 0 aliphatic heterocycles. The summed E-state index contributed by atoms with van der Waals surface area (Å²) in [4.78, 5) is 32.5. The molecule has 10 nitrogen and oxygen atoms in total. The van der Waals surface area contributed by atoms with Crippen molar-refractivity contribution in [2.24, 2.45) is 10.8 Å². The van der Waals surface area contributed by atoms with Crippen LogP contribution in [0.25, 0.3) is 0 Å². The maximum atomic E-state index is 11.3. The Bertz CT molecular complexity index is 856. The van der Waals surface area contributed by atoms with Gasteiger partial charge in [-0.3, -0.25) is 20.2 Å². The second kappa shape index (κ2) is 7.88. The number of carbonyl (C=O) groups excluding carboxylic acids is 1. The highest BCUT2D eigenvalue weighted by atomic mass is 32.2. The van der Waals surface area contributed by atoms with Crippen LogP contribution in [0.2, 0.25) is 0 Å². The van der Waals surface area contributed by atoms with Crippen molar-refractivity contribution >= 4 is 35.4 Å². The van der Waals surface area contributed by atoms with Crippen LogP contribution in [0.5, 0.6) is 0 Å². The molecule has 25 heavy (non-hydrogen) atoms. The van der Waals surface area contributed by atoms with Crippen molar-refractivity contribution < 1.29 is 14.6 Å². The summed E-state index contributed by atoms with van der Waals surface area (Å²) >= 11 is 1.09. The van der Waals surface area contributed by atoms with E-state index in [0.717, 1.165) is 28.9 Å². The van der Waals surface area contributed by atoms with E-state index in [1.807, 2.05) is 5.43 Å². The third kappa shape index (κ3) is 4.75. The van der Waals surface area contributed by atoms with Crippen LogP contribution in [-0.2, 0) is 0 Å². The lowest BCUT2D eigenvalue weighted by atomic mass is 10.1. The Morgan fingerprint density at radius 3 is 2.40 bits per heavy atom. The summed E-state index contributed by atoms with van der Waals surface area (Å²) < 4.78 is 0. The van der Waals surface area contributed by atoms with Crippen molar-refractivity contribution in [3.05, 3.63) is 68.3 Å². The van der Waals surface area contributed by atoms with Crippen LogP contribution in [0.15, 0.2) is 57.4 Å². The van der Waals surface area contributed by atoms with E-state index in [-0.39, 0.29) is 10.5 Å². The summed E-state index contributed by atoms with van der Waals surface area (Å²) in [5.41, 5.74) is 5.89. The number of rotatable bonds is 6. The molecule has 2 amide bonds. The van der Waals surface area contributed by atoms with Gasteiger partial charge in [-0.15, -0.1) is 0 Å². The Kier molecular flexibility index (Phi) is 5.63. The average molecular weight is 361 g/mol. The minimum absolute atomic E-state index is 0.0122. The molecule has 11 heteroatoms. The van der Waals surface area contributed by atoms with E-state index in [1.165, 1.54) is 6.07 Å². The molecule has 0 saturated heterocycles. The van der Waals surface area contributed by atoms with Crippen molar-refractivity contribution in [1.29, 1.82) is 0 Å². The number of nitrogens with one attached hydrogen (secondary N) is 1. The maximum absolute atomic E-state index is 11.3. The predicted octanol–water partition coefficient (Wildman–Crippen LogP) is 2.66. The topological polar surface area (TPSA) is 154 Å². The third-order valence-corrected chi connectivity index (χ3v) is 3.92. The van der Waals surface area contributed by atoms with Crippen molar-refractivity contribution in [1.82, 2.24) is 5.43 Å². The summed E-state index contributed by atoms with van der Waals surface area (Å²) in [6.07, 6.45) is 1.03. The van der Waals surface area contributed by atoms with Gasteiger partial charge in [0.15, 0.2) is 0 Å². The fourth-order valence-corrected chi connectivity index (χ4v) is 2.84. The number of hydrazone groups is 1. The maximum Gasteiger partial charge on any atom is 0.332 e. The normalized spacial score (nSPS) is 10.6. The van der Waals surface area contributed by atoms with Crippen LogP contribution in [0.1, 0.15) is 5.56 Å². The zero-order valence-electron chi connectivity index (χ0n) is 12.5. The summed E-state index contributed by atoms with van der Waals surface area (Å²) in [6.45, 7) is 0. The summed E-state index contributed by atoms with van der Waals surface area (Å²) in [6, 6.07) is 9.90. The summed E-state index contributed by atoms with van der Waals surface area (Å²) in [5.74, 6) is 0. The fourth-order valence-electron chi connectivity index (χ4n) is 1.84. The van der Waals surface area contributed by atoms with Crippen LogP contribution < -0.4 is 11.2 Å². The zero-order valence-corrected chi connectivity index (χ0v) is 13.3. The molecular weight excluding hydrogens is 350 g/mol. The fraction of sp³-hybridized carbons (Fsp3) is 0. The van der Waals surface area contributed by atoms with E-state index in [4.69, 9.17) is 5.73 Å². The number of nitro benzene ring substituents is 2. The first-order valence-electron chi connectivity index (χ1n) is 6.66.